The van der Waals surface area contributed by atoms with Gasteiger partial charge in [-0.3, -0.25) is 0 Å². The molecule has 3 aromatic rings. The zero-order chi connectivity index (χ0) is 14.2. The minimum atomic E-state index is 0.284. The van der Waals surface area contributed by atoms with Gasteiger partial charge >= 0.3 is 0 Å². The molecule has 0 atom stereocenters. The Morgan fingerprint density at radius 1 is 0.952 bits per heavy atom. The van der Waals surface area contributed by atoms with Crippen molar-refractivity contribution in [3.8, 4) is 33.3 Å². The zero-order valence-electron chi connectivity index (χ0n) is 11.1. The van der Waals surface area contributed by atoms with Gasteiger partial charge in [-0.25, -0.2) is 4.98 Å². The largest absolute Gasteiger partial charge is 0.454 e. The van der Waals surface area contributed by atoms with Crippen molar-refractivity contribution in [2.24, 2.45) is 0 Å². The number of hydrogen-bond donors (Lipinski definition) is 1. The van der Waals surface area contributed by atoms with Gasteiger partial charge in [-0.2, -0.15) is 0 Å². The number of rotatable bonds is 2. The maximum Gasteiger partial charge on any atom is 0.231 e. The van der Waals surface area contributed by atoms with Crippen molar-refractivity contribution in [2.75, 3.05) is 12.5 Å². The van der Waals surface area contributed by atoms with E-state index in [0.717, 1.165) is 39.0 Å². The van der Waals surface area contributed by atoms with Crippen molar-refractivity contribution in [3.05, 3.63) is 47.8 Å². The number of nitrogens with zero attached hydrogens (tertiary/aromatic N) is 1. The molecule has 0 fully saturated rings. The van der Waals surface area contributed by atoms with Crippen LogP contribution in [-0.4, -0.2) is 11.8 Å². The fourth-order valence-corrected chi connectivity index (χ4v) is 3.06. The summed E-state index contributed by atoms with van der Waals surface area (Å²) >= 11 is 1.61. The number of nitrogens with two attached hydrogens (primary N) is 1. The summed E-state index contributed by atoms with van der Waals surface area (Å²) in [4.78, 5) is 4.69. The molecule has 2 aromatic carbocycles. The van der Waals surface area contributed by atoms with E-state index in [-0.39, 0.29) is 6.79 Å². The summed E-state index contributed by atoms with van der Waals surface area (Å²) in [5, 5.41) is 3.02. The van der Waals surface area contributed by atoms with Gasteiger partial charge in [0, 0.05) is 22.2 Å². The van der Waals surface area contributed by atoms with Gasteiger partial charge in [-0.1, -0.05) is 0 Å². The quantitative estimate of drug-likeness (QED) is 0.731. The summed E-state index contributed by atoms with van der Waals surface area (Å²) in [7, 11) is 0. The van der Waals surface area contributed by atoms with Crippen LogP contribution in [0.5, 0.6) is 11.5 Å². The molecule has 0 saturated heterocycles. The number of benzene rings is 2. The van der Waals surface area contributed by atoms with Gasteiger partial charge in [0.25, 0.3) is 0 Å². The van der Waals surface area contributed by atoms with Gasteiger partial charge in [0.05, 0.1) is 5.69 Å². The molecule has 2 N–H and O–H groups in total. The normalized spacial score (nSPS) is 12.6. The van der Waals surface area contributed by atoms with Gasteiger partial charge in [-0.05, 0) is 42.5 Å². The summed E-state index contributed by atoms with van der Waals surface area (Å²) in [6.45, 7) is 0.284. The third-order valence-electron chi connectivity index (χ3n) is 3.33. The first-order valence-electron chi connectivity index (χ1n) is 6.51. The second kappa shape index (κ2) is 4.79. The van der Waals surface area contributed by atoms with Gasteiger partial charge in [0.2, 0.25) is 6.79 Å². The highest BCUT2D eigenvalue weighted by Gasteiger charge is 2.15. The molecule has 2 heterocycles. The maximum atomic E-state index is 5.71. The number of thiazole rings is 1. The van der Waals surface area contributed by atoms with E-state index in [0.29, 0.717) is 0 Å². The Labute approximate surface area is 125 Å². The Morgan fingerprint density at radius 2 is 1.71 bits per heavy atom. The number of aromatic nitrogens is 1. The van der Waals surface area contributed by atoms with Crippen LogP contribution in [-0.2, 0) is 0 Å². The third kappa shape index (κ3) is 2.21. The van der Waals surface area contributed by atoms with Crippen LogP contribution >= 0.6 is 11.3 Å². The van der Waals surface area contributed by atoms with Crippen LogP contribution in [0.15, 0.2) is 47.8 Å². The molecule has 1 aromatic heterocycles. The number of ether oxygens (including phenoxy) is 2. The van der Waals surface area contributed by atoms with E-state index >= 15 is 0 Å². The van der Waals surface area contributed by atoms with Crippen molar-refractivity contribution < 1.29 is 9.47 Å². The topological polar surface area (TPSA) is 57.4 Å². The highest BCUT2D eigenvalue weighted by Crippen LogP contribution is 2.37. The standard InChI is InChI=1S/C16H12N2O2S/c17-12-4-1-10(2-5-12)16-18-13(8-21-16)11-3-6-14-15(7-11)20-9-19-14/h1-8H,9,17H2. The Kier molecular flexibility index (Phi) is 2.79. The first kappa shape index (κ1) is 12.2. The summed E-state index contributed by atoms with van der Waals surface area (Å²) in [6, 6.07) is 13.6. The lowest BCUT2D eigenvalue weighted by molar-refractivity contribution is 0.174. The molecule has 4 rings (SSSR count). The lowest BCUT2D eigenvalue weighted by Crippen LogP contribution is -1.92. The Bertz CT molecular complexity index is 796. The monoisotopic (exact) mass is 296 g/mol. The second-order valence-corrected chi connectivity index (χ2v) is 5.59. The molecule has 0 unspecified atom stereocenters. The van der Waals surface area contributed by atoms with Gasteiger partial charge in [0.15, 0.2) is 11.5 Å². The predicted molar refractivity (Wildman–Crippen MR) is 83.5 cm³/mol. The fourth-order valence-electron chi connectivity index (χ4n) is 2.22. The molecule has 1 aliphatic heterocycles. The van der Waals surface area contributed by atoms with Crippen LogP contribution in [0, 0.1) is 0 Å². The third-order valence-corrected chi connectivity index (χ3v) is 4.22. The summed E-state index contributed by atoms with van der Waals surface area (Å²) < 4.78 is 10.7. The second-order valence-electron chi connectivity index (χ2n) is 4.73. The molecule has 0 amide bonds. The smallest absolute Gasteiger partial charge is 0.231 e. The molecular formula is C16H12N2O2S. The van der Waals surface area contributed by atoms with Crippen LogP contribution < -0.4 is 15.2 Å². The lowest BCUT2D eigenvalue weighted by atomic mass is 10.1. The average molecular weight is 296 g/mol. The zero-order valence-corrected chi connectivity index (χ0v) is 11.9. The molecule has 0 spiro atoms. The summed E-state index contributed by atoms with van der Waals surface area (Å²) in [5.41, 5.74) is 9.50. The molecule has 104 valence electrons. The molecule has 0 aliphatic carbocycles. The van der Waals surface area contributed by atoms with Crippen molar-refractivity contribution in [1.29, 1.82) is 0 Å². The van der Waals surface area contributed by atoms with Gasteiger partial charge in [-0.15, -0.1) is 11.3 Å². The van der Waals surface area contributed by atoms with Crippen LogP contribution in [0.2, 0.25) is 0 Å². The number of fused-ring (bicyclic) bond motifs is 1. The number of hydrogen-bond acceptors (Lipinski definition) is 5. The first-order valence-corrected chi connectivity index (χ1v) is 7.39. The van der Waals surface area contributed by atoms with Crippen LogP contribution in [0.25, 0.3) is 21.8 Å². The average Bonchev–Trinajstić information content (AvgIpc) is 3.16. The fraction of sp³-hybridized carbons (Fsp3) is 0.0625. The van der Waals surface area contributed by atoms with Crippen LogP contribution in [0.1, 0.15) is 0 Å². The van der Waals surface area contributed by atoms with Crippen LogP contribution in [0.4, 0.5) is 5.69 Å². The number of nitrogen functional groups attached to an aromatic ring is 1. The minimum Gasteiger partial charge on any atom is -0.454 e. The van der Waals surface area contributed by atoms with E-state index in [9.17, 15) is 0 Å². The minimum absolute atomic E-state index is 0.284. The molecule has 4 nitrogen and oxygen atoms in total. The van der Waals surface area contributed by atoms with E-state index in [2.05, 4.69) is 4.98 Å². The molecule has 5 heteroatoms. The van der Waals surface area contributed by atoms with Crippen molar-refractivity contribution in [2.45, 2.75) is 0 Å². The molecule has 0 saturated carbocycles. The molecule has 21 heavy (non-hydrogen) atoms. The highest BCUT2D eigenvalue weighted by atomic mass is 32.1. The summed E-state index contributed by atoms with van der Waals surface area (Å²) in [6.07, 6.45) is 0. The van der Waals surface area contributed by atoms with Crippen LogP contribution in [0.3, 0.4) is 0 Å². The highest BCUT2D eigenvalue weighted by molar-refractivity contribution is 7.13. The Morgan fingerprint density at radius 3 is 2.57 bits per heavy atom. The van der Waals surface area contributed by atoms with E-state index in [1.807, 2.05) is 47.8 Å². The van der Waals surface area contributed by atoms with Crippen molar-refractivity contribution in [1.82, 2.24) is 4.98 Å². The Balaban J connectivity index is 1.69. The predicted octanol–water partition coefficient (Wildman–Crippen LogP) is 3.79. The molecule has 0 bridgehead atoms. The van der Waals surface area contributed by atoms with Crippen molar-refractivity contribution >= 4 is 17.0 Å². The van der Waals surface area contributed by atoms with E-state index in [4.69, 9.17) is 15.2 Å². The lowest BCUT2D eigenvalue weighted by Gasteiger charge is -2.00. The van der Waals surface area contributed by atoms with Crippen molar-refractivity contribution in [3.63, 3.8) is 0 Å². The molecule has 1 aliphatic rings. The van der Waals surface area contributed by atoms with E-state index in [1.54, 1.807) is 11.3 Å². The van der Waals surface area contributed by atoms with E-state index in [1.165, 1.54) is 0 Å². The van der Waals surface area contributed by atoms with Gasteiger partial charge < -0.3 is 15.2 Å². The van der Waals surface area contributed by atoms with E-state index < -0.39 is 0 Å². The molecule has 0 radical (unpaired) electrons. The molecular weight excluding hydrogens is 284 g/mol. The number of anilines is 1. The SMILES string of the molecule is Nc1ccc(-c2nc(-c3ccc4c(c3)OCO4)cs2)cc1. The Hall–Kier alpha value is -2.53. The van der Waals surface area contributed by atoms with Gasteiger partial charge in [0.1, 0.15) is 5.01 Å². The summed E-state index contributed by atoms with van der Waals surface area (Å²) in [5.74, 6) is 1.56. The first-order chi connectivity index (χ1) is 10.3. The maximum absolute atomic E-state index is 5.71.